The summed E-state index contributed by atoms with van der Waals surface area (Å²) in [6, 6.07) is 3.95. The Morgan fingerprint density at radius 2 is 2.07 bits per heavy atom. The number of likely N-dealkylation sites (N-methyl/N-ethyl adjacent to an activating group) is 1. The molecule has 156 valence electrons. The maximum Gasteiger partial charge on any atom is 0.234 e. The average molecular weight is 423 g/mol. The number of hydrogen-bond acceptors (Lipinski definition) is 7. The minimum atomic E-state index is 0.102. The highest BCUT2D eigenvalue weighted by Gasteiger charge is 2.27. The highest BCUT2D eigenvalue weighted by molar-refractivity contribution is 7.19. The maximum absolute atomic E-state index is 11.9. The Balaban J connectivity index is 1.47. The summed E-state index contributed by atoms with van der Waals surface area (Å²) in [6.07, 6.45) is 7.10. The van der Waals surface area contributed by atoms with Gasteiger partial charge in [0.1, 0.15) is 10.6 Å². The third-order valence-corrected chi connectivity index (χ3v) is 7.06. The number of carbonyl (C=O) groups excluding carboxylic acids is 1. The van der Waals surface area contributed by atoms with Crippen LogP contribution < -0.4 is 10.2 Å². The number of hydrogen-bond donors (Lipinski definition) is 1. The first-order valence-corrected chi connectivity index (χ1v) is 11.5. The van der Waals surface area contributed by atoms with E-state index in [9.17, 15) is 4.79 Å². The predicted molar refractivity (Wildman–Crippen MR) is 120 cm³/mol. The van der Waals surface area contributed by atoms with Gasteiger partial charge in [-0.3, -0.25) is 14.7 Å². The molecular formula is C22H26N6OS. The van der Waals surface area contributed by atoms with Crippen LogP contribution in [0, 0.1) is 0 Å². The number of nitrogens with one attached hydrogen (secondary N) is 1. The van der Waals surface area contributed by atoms with E-state index in [1.54, 1.807) is 6.20 Å². The van der Waals surface area contributed by atoms with Gasteiger partial charge in [-0.15, -0.1) is 11.3 Å². The van der Waals surface area contributed by atoms with Crippen LogP contribution in [0.3, 0.4) is 0 Å². The summed E-state index contributed by atoms with van der Waals surface area (Å²) in [4.78, 5) is 33.3. The lowest BCUT2D eigenvalue weighted by atomic mass is 10.1. The second kappa shape index (κ2) is 8.28. The van der Waals surface area contributed by atoms with Crippen LogP contribution in [0.1, 0.15) is 23.8 Å². The van der Waals surface area contributed by atoms with E-state index in [1.165, 1.54) is 22.2 Å². The number of aryl methyl sites for hydroxylation is 2. The third kappa shape index (κ3) is 3.65. The molecule has 0 radical (unpaired) electrons. The molecule has 4 heterocycles. The van der Waals surface area contributed by atoms with Gasteiger partial charge in [0.2, 0.25) is 5.91 Å². The number of nitrogens with zero attached hydrogens (tertiary/aromatic N) is 5. The Hall–Kier alpha value is -2.58. The number of thiophene rings is 1. The second-order valence-electron chi connectivity index (χ2n) is 7.87. The van der Waals surface area contributed by atoms with Gasteiger partial charge in [0.25, 0.3) is 0 Å². The third-order valence-electron chi connectivity index (χ3n) is 5.88. The molecule has 0 bridgehead atoms. The largest absolute Gasteiger partial charge is 0.355 e. The molecule has 30 heavy (non-hydrogen) atoms. The van der Waals surface area contributed by atoms with Crippen molar-refractivity contribution in [2.75, 3.05) is 44.2 Å². The van der Waals surface area contributed by atoms with Gasteiger partial charge < -0.3 is 10.2 Å². The molecule has 0 saturated carbocycles. The summed E-state index contributed by atoms with van der Waals surface area (Å²) >= 11 is 1.83. The smallest absolute Gasteiger partial charge is 0.234 e. The number of amides is 1. The van der Waals surface area contributed by atoms with Gasteiger partial charge in [0.15, 0.2) is 5.82 Å². The number of aromatic nitrogens is 3. The maximum atomic E-state index is 11.9. The summed E-state index contributed by atoms with van der Waals surface area (Å²) < 4.78 is 0. The molecule has 1 saturated heterocycles. The van der Waals surface area contributed by atoms with Gasteiger partial charge >= 0.3 is 0 Å². The van der Waals surface area contributed by atoms with E-state index in [-0.39, 0.29) is 5.91 Å². The van der Waals surface area contributed by atoms with E-state index in [1.807, 2.05) is 36.6 Å². The Kier molecular flexibility index (Phi) is 5.35. The van der Waals surface area contributed by atoms with Crippen LogP contribution in [0.4, 0.5) is 5.82 Å². The number of anilines is 1. The van der Waals surface area contributed by atoms with E-state index in [2.05, 4.69) is 20.1 Å². The fraction of sp³-hybridized carbons (Fsp3) is 0.455. The normalized spacial score (nSPS) is 16.8. The summed E-state index contributed by atoms with van der Waals surface area (Å²) in [5.41, 5.74) is 2.40. The first-order chi connectivity index (χ1) is 14.7. The topological polar surface area (TPSA) is 74.2 Å². The molecule has 1 fully saturated rings. The molecule has 0 atom stereocenters. The molecule has 1 aliphatic heterocycles. The molecule has 3 aromatic rings. The summed E-state index contributed by atoms with van der Waals surface area (Å²) in [7, 11) is 0. The van der Waals surface area contributed by atoms with Gasteiger partial charge in [-0.1, -0.05) is 0 Å². The Labute approximate surface area is 180 Å². The molecule has 0 aromatic carbocycles. The van der Waals surface area contributed by atoms with Gasteiger partial charge in [0, 0.05) is 55.6 Å². The first-order valence-electron chi connectivity index (χ1n) is 10.7. The van der Waals surface area contributed by atoms with Crippen molar-refractivity contribution in [1.29, 1.82) is 0 Å². The van der Waals surface area contributed by atoms with Crippen LogP contribution in [0.15, 0.2) is 24.5 Å². The molecule has 0 spiro atoms. The van der Waals surface area contributed by atoms with Gasteiger partial charge in [-0.05, 0) is 43.9 Å². The molecule has 1 N–H and O–H groups in total. The Morgan fingerprint density at radius 1 is 1.20 bits per heavy atom. The first kappa shape index (κ1) is 19.4. The fourth-order valence-corrected chi connectivity index (χ4v) is 5.66. The number of fused-ring (bicyclic) bond motifs is 3. The van der Waals surface area contributed by atoms with Crippen molar-refractivity contribution in [3.05, 3.63) is 35.0 Å². The van der Waals surface area contributed by atoms with Crippen molar-refractivity contribution in [3.8, 4) is 11.4 Å². The monoisotopic (exact) mass is 422 g/mol. The Morgan fingerprint density at radius 3 is 2.83 bits per heavy atom. The van der Waals surface area contributed by atoms with Crippen LogP contribution in [0.25, 0.3) is 21.6 Å². The standard InChI is InChI=1S/C22H26N6OS/c1-2-24-18(29)14-27-9-11-28(12-10-27)21-19-16-6-3-7-17(16)30-22(19)26-20(25-21)15-5-4-8-23-13-15/h4-5,8,13H,2-3,6-7,9-12,14H2,1H3,(H,24,29). The summed E-state index contributed by atoms with van der Waals surface area (Å²) in [5.74, 6) is 1.90. The molecular weight excluding hydrogens is 396 g/mol. The fourth-order valence-electron chi connectivity index (χ4n) is 4.40. The molecule has 0 unspecified atom stereocenters. The number of rotatable bonds is 5. The molecule has 8 heteroatoms. The quantitative estimate of drug-likeness (QED) is 0.681. The van der Waals surface area contributed by atoms with Crippen LogP contribution in [-0.4, -0.2) is 65.0 Å². The average Bonchev–Trinajstić information content (AvgIpc) is 3.35. The Bertz CT molecular complexity index is 1060. The van der Waals surface area contributed by atoms with Crippen LogP contribution in [0.2, 0.25) is 0 Å². The molecule has 1 amide bonds. The number of carbonyl (C=O) groups is 1. The molecule has 5 rings (SSSR count). The lowest BCUT2D eigenvalue weighted by Gasteiger charge is -2.35. The molecule has 2 aliphatic rings. The van der Waals surface area contributed by atoms with Crippen LogP contribution in [-0.2, 0) is 17.6 Å². The van der Waals surface area contributed by atoms with E-state index in [4.69, 9.17) is 9.97 Å². The van der Waals surface area contributed by atoms with Crippen molar-refractivity contribution in [3.63, 3.8) is 0 Å². The highest BCUT2D eigenvalue weighted by Crippen LogP contribution is 2.41. The van der Waals surface area contributed by atoms with Gasteiger partial charge in [0.05, 0.1) is 11.9 Å². The van der Waals surface area contributed by atoms with Crippen molar-refractivity contribution in [2.45, 2.75) is 26.2 Å². The van der Waals surface area contributed by atoms with E-state index < -0.39 is 0 Å². The van der Waals surface area contributed by atoms with Crippen molar-refractivity contribution in [2.24, 2.45) is 0 Å². The van der Waals surface area contributed by atoms with Gasteiger partial charge in [-0.25, -0.2) is 9.97 Å². The SMILES string of the molecule is CCNC(=O)CN1CCN(c2nc(-c3cccnc3)nc3sc4c(c23)CCC4)CC1. The zero-order valence-electron chi connectivity index (χ0n) is 17.2. The molecule has 3 aromatic heterocycles. The lowest BCUT2D eigenvalue weighted by Crippen LogP contribution is -2.49. The lowest BCUT2D eigenvalue weighted by molar-refractivity contribution is -0.122. The molecule has 7 nitrogen and oxygen atoms in total. The second-order valence-corrected chi connectivity index (χ2v) is 8.95. The van der Waals surface area contributed by atoms with E-state index >= 15 is 0 Å². The number of piperazine rings is 1. The van der Waals surface area contributed by atoms with Gasteiger partial charge in [-0.2, -0.15) is 0 Å². The zero-order chi connectivity index (χ0) is 20.5. The van der Waals surface area contributed by atoms with Crippen molar-refractivity contribution < 1.29 is 4.79 Å². The van der Waals surface area contributed by atoms with Crippen LogP contribution >= 0.6 is 11.3 Å². The minimum absolute atomic E-state index is 0.102. The summed E-state index contributed by atoms with van der Waals surface area (Å²) in [6.45, 7) is 6.54. The zero-order valence-corrected chi connectivity index (χ0v) is 18.0. The van der Waals surface area contributed by atoms with E-state index in [0.29, 0.717) is 13.1 Å². The predicted octanol–water partition coefficient (Wildman–Crippen LogP) is 2.50. The van der Waals surface area contributed by atoms with Crippen molar-refractivity contribution in [1.82, 2.24) is 25.2 Å². The van der Waals surface area contributed by atoms with Crippen molar-refractivity contribution >= 4 is 33.3 Å². The highest BCUT2D eigenvalue weighted by atomic mass is 32.1. The van der Waals surface area contributed by atoms with Crippen LogP contribution in [0.5, 0.6) is 0 Å². The van der Waals surface area contributed by atoms with E-state index in [0.717, 1.165) is 61.1 Å². The summed E-state index contributed by atoms with van der Waals surface area (Å²) in [5, 5.41) is 4.14. The number of pyridine rings is 1. The molecule has 1 aliphatic carbocycles. The minimum Gasteiger partial charge on any atom is -0.355 e.